The zero-order valence-electron chi connectivity index (χ0n) is 16.9. The molecule has 2 aromatic carbocycles. The van der Waals surface area contributed by atoms with Gasteiger partial charge in [-0.15, -0.1) is 0 Å². The average molecular weight is 442 g/mol. The number of hydrogen-bond donors (Lipinski definition) is 0. The highest BCUT2D eigenvalue weighted by Gasteiger charge is 2.42. The van der Waals surface area contributed by atoms with Gasteiger partial charge in [-0.2, -0.15) is 0 Å². The number of amides is 1. The van der Waals surface area contributed by atoms with Crippen molar-refractivity contribution in [2.45, 2.75) is 31.3 Å². The number of carbonyl (C=O) groups is 3. The highest BCUT2D eigenvalue weighted by atomic mass is 32.2. The SMILES string of the molecule is O=C(OCC(=O)N(C1CC1)[C@@H]1CCS(=O)(=O)C1)c1ccccc1C(=O)c1ccccc1. The van der Waals surface area contributed by atoms with Crippen molar-refractivity contribution in [2.75, 3.05) is 18.1 Å². The molecule has 1 atom stereocenters. The van der Waals surface area contributed by atoms with Gasteiger partial charge in [0.15, 0.2) is 22.2 Å². The minimum Gasteiger partial charge on any atom is -0.452 e. The maximum absolute atomic E-state index is 12.8. The standard InChI is InChI=1S/C23H23NO6S/c25-21(24(17-10-11-17)18-12-13-31(28,29)15-18)14-30-23(27)20-9-5-4-8-19(20)22(26)16-6-2-1-3-7-16/h1-9,17-18H,10-15H2/t18-/m1/s1. The lowest BCUT2D eigenvalue weighted by molar-refractivity contribution is -0.137. The molecule has 1 saturated carbocycles. The maximum atomic E-state index is 12.8. The van der Waals surface area contributed by atoms with Crippen molar-refractivity contribution < 1.29 is 27.5 Å². The van der Waals surface area contributed by atoms with Crippen LogP contribution in [-0.2, 0) is 19.4 Å². The Labute approximate surface area is 180 Å². The Kier molecular flexibility index (Phi) is 5.91. The predicted molar refractivity (Wildman–Crippen MR) is 114 cm³/mol. The van der Waals surface area contributed by atoms with Crippen LogP contribution in [0.1, 0.15) is 45.5 Å². The third-order valence-electron chi connectivity index (χ3n) is 5.58. The molecule has 1 aliphatic heterocycles. The van der Waals surface area contributed by atoms with E-state index in [0.29, 0.717) is 12.0 Å². The smallest absolute Gasteiger partial charge is 0.339 e. The van der Waals surface area contributed by atoms with Crippen LogP contribution < -0.4 is 0 Å². The Bertz CT molecular complexity index is 1110. The van der Waals surface area contributed by atoms with E-state index in [1.165, 1.54) is 6.07 Å². The quantitative estimate of drug-likeness (QED) is 0.483. The van der Waals surface area contributed by atoms with Gasteiger partial charge in [0.2, 0.25) is 0 Å². The number of rotatable bonds is 7. The lowest BCUT2D eigenvalue weighted by Gasteiger charge is -2.28. The molecule has 1 aliphatic carbocycles. The minimum atomic E-state index is -3.13. The zero-order chi connectivity index (χ0) is 22.0. The fourth-order valence-corrected chi connectivity index (χ4v) is 5.65. The number of esters is 1. The van der Waals surface area contributed by atoms with Crippen molar-refractivity contribution in [1.82, 2.24) is 4.90 Å². The van der Waals surface area contributed by atoms with Gasteiger partial charge in [-0.25, -0.2) is 13.2 Å². The van der Waals surface area contributed by atoms with E-state index >= 15 is 0 Å². The molecule has 1 amide bonds. The lowest BCUT2D eigenvalue weighted by atomic mass is 9.98. The van der Waals surface area contributed by atoms with Crippen molar-refractivity contribution in [2.24, 2.45) is 0 Å². The van der Waals surface area contributed by atoms with Gasteiger partial charge in [0, 0.05) is 23.2 Å². The van der Waals surface area contributed by atoms with Crippen LogP contribution in [0, 0.1) is 0 Å². The van der Waals surface area contributed by atoms with E-state index in [1.807, 2.05) is 0 Å². The molecule has 2 aliphatic rings. The third-order valence-corrected chi connectivity index (χ3v) is 7.33. The summed E-state index contributed by atoms with van der Waals surface area (Å²) in [6.45, 7) is -0.486. The summed E-state index contributed by atoms with van der Waals surface area (Å²) in [5.41, 5.74) is 0.735. The van der Waals surface area contributed by atoms with Crippen molar-refractivity contribution in [3.63, 3.8) is 0 Å². The molecule has 0 unspecified atom stereocenters. The summed E-state index contributed by atoms with van der Waals surface area (Å²) >= 11 is 0. The van der Waals surface area contributed by atoms with E-state index in [-0.39, 0.29) is 40.5 Å². The van der Waals surface area contributed by atoms with Crippen molar-refractivity contribution in [3.05, 3.63) is 71.3 Å². The van der Waals surface area contributed by atoms with Crippen LogP contribution in [0.25, 0.3) is 0 Å². The molecule has 0 N–H and O–H groups in total. The highest BCUT2D eigenvalue weighted by Crippen LogP contribution is 2.32. The summed E-state index contributed by atoms with van der Waals surface area (Å²) in [4.78, 5) is 39.9. The molecule has 1 heterocycles. The first kappa shape index (κ1) is 21.2. The van der Waals surface area contributed by atoms with Crippen LogP contribution in [0.15, 0.2) is 54.6 Å². The molecule has 0 bridgehead atoms. The normalized spacial score (nSPS) is 19.5. The Morgan fingerprint density at radius 2 is 1.52 bits per heavy atom. The van der Waals surface area contributed by atoms with Crippen LogP contribution >= 0.6 is 0 Å². The molecule has 4 rings (SSSR count). The van der Waals surface area contributed by atoms with Crippen LogP contribution in [0.5, 0.6) is 0 Å². The van der Waals surface area contributed by atoms with Crippen molar-refractivity contribution >= 4 is 27.5 Å². The molecule has 2 aromatic rings. The lowest BCUT2D eigenvalue weighted by Crippen LogP contribution is -2.44. The van der Waals surface area contributed by atoms with Gasteiger partial charge in [-0.1, -0.05) is 48.5 Å². The number of sulfone groups is 1. The number of nitrogens with zero attached hydrogens (tertiary/aromatic N) is 1. The molecule has 8 heteroatoms. The summed E-state index contributed by atoms with van der Waals surface area (Å²) in [6, 6.07) is 14.6. The second-order valence-corrected chi connectivity index (χ2v) is 10.1. The molecule has 0 spiro atoms. The van der Waals surface area contributed by atoms with E-state index in [1.54, 1.807) is 53.4 Å². The fourth-order valence-electron chi connectivity index (χ4n) is 3.94. The Morgan fingerprint density at radius 1 is 0.871 bits per heavy atom. The number of hydrogen-bond acceptors (Lipinski definition) is 6. The molecule has 0 radical (unpaired) electrons. The summed E-state index contributed by atoms with van der Waals surface area (Å²) in [7, 11) is -3.13. The summed E-state index contributed by atoms with van der Waals surface area (Å²) in [5.74, 6) is -1.44. The number of benzene rings is 2. The molecule has 31 heavy (non-hydrogen) atoms. The van der Waals surface area contributed by atoms with E-state index < -0.39 is 28.3 Å². The van der Waals surface area contributed by atoms with E-state index in [4.69, 9.17) is 4.74 Å². The maximum Gasteiger partial charge on any atom is 0.339 e. The van der Waals surface area contributed by atoms with Gasteiger partial charge in [-0.3, -0.25) is 9.59 Å². The topological polar surface area (TPSA) is 97.8 Å². The first-order chi connectivity index (χ1) is 14.9. The van der Waals surface area contributed by atoms with Crippen LogP contribution in [0.3, 0.4) is 0 Å². The van der Waals surface area contributed by atoms with E-state index in [2.05, 4.69) is 0 Å². The highest BCUT2D eigenvalue weighted by molar-refractivity contribution is 7.91. The first-order valence-corrected chi connectivity index (χ1v) is 12.1. The van der Waals surface area contributed by atoms with Crippen molar-refractivity contribution in [1.29, 1.82) is 0 Å². The molecular weight excluding hydrogens is 418 g/mol. The average Bonchev–Trinajstić information content (AvgIpc) is 3.54. The molecule has 2 fully saturated rings. The number of ether oxygens (including phenoxy) is 1. The van der Waals surface area contributed by atoms with Gasteiger partial charge in [0.05, 0.1) is 17.1 Å². The molecule has 1 saturated heterocycles. The predicted octanol–water partition coefficient (Wildman–Crippen LogP) is 2.25. The van der Waals surface area contributed by atoms with E-state index in [9.17, 15) is 22.8 Å². The molecule has 162 valence electrons. The van der Waals surface area contributed by atoms with Gasteiger partial charge < -0.3 is 9.64 Å². The van der Waals surface area contributed by atoms with Gasteiger partial charge >= 0.3 is 5.97 Å². The Hall–Kier alpha value is -3.00. The van der Waals surface area contributed by atoms with E-state index in [0.717, 1.165) is 12.8 Å². The fraction of sp³-hybridized carbons (Fsp3) is 0.348. The number of ketones is 1. The Balaban J connectivity index is 1.45. The summed E-state index contributed by atoms with van der Waals surface area (Å²) in [6.07, 6.45) is 2.06. The Morgan fingerprint density at radius 3 is 2.13 bits per heavy atom. The second-order valence-electron chi connectivity index (χ2n) is 7.91. The van der Waals surface area contributed by atoms with Crippen LogP contribution in [0.2, 0.25) is 0 Å². The second kappa shape index (κ2) is 8.63. The summed E-state index contributed by atoms with van der Waals surface area (Å²) < 4.78 is 28.9. The van der Waals surface area contributed by atoms with Gasteiger partial charge in [0.25, 0.3) is 5.91 Å². The van der Waals surface area contributed by atoms with Crippen LogP contribution in [0.4, 0.5) is 0 Å². The third kappa shape index (κ3) is 4.85. The number of carbonyl (C=O) groups excluding carboxylic acids is 3. The molecular formula is C23H23NO6S. The van der Waals surface area contributed by atoms with Crippen molar-refractivity contribution in [3.8, 4) is 0 Å². The molecule has 0 aromatic heterocycles. The largest absolute Gasteiger partial charge is 0.452 e. The monoisotopic (exact) mass is 441 g/mol. The summed E-state index contributed by atoms with van der Waals surface area (Å²) in [5, 5.41) is 0. The minimum absolute atomic E-state index is 0.0106. The molecule has 7 nitrogen and oxygen atoms in total. The zero-order valence-corrected chi connectivity index (χ0v) is 17.7. The van der Waals surface area contributed by atoms with Gasteiger partial charge in [-0.05, 0) is 25.3 Å². The van der Waals surface area contributed by atoms with Gasteiger partial charge in [0.1, 0.15) is 0 Å². The van der Waals surface area contributed by atoms with Crippen LogP contribution in [-0.4, -0.2) is 61.2 Å². The first-order valence-electron chi connectivity index (χ1n) is 10.2.